The van der Waals surface area contributed by atoms with E-state index in [9.17, 15) is 4.39 Å². The van der Waals surface area contributed by atoms with Crippen LogP contribution in [0.5, 0.6) is 0 Å². The van der Waals surface area contributed by atoms with Gasteiger partial charge in [0.15, 0.2) is 0 Å². The fourth-order valence-electron chi connectivity index (χ4n) is 1.50. The zero-order valence-corrected chi connectivity index (χ0v) is 9.07. The molecule has 0 fully saturated rings. The molecule has 0 radical (unpaired) electrons. The van der Waals surface area contributed by atoms with Gasteiger partial charge < -0.3 is 5.32 Å². The highest BCUT2D eigenvalue weighted by molar-refractivity contribution is 5.61. The van der Waals surface area contributed by atoms with Gasteiger partial charge >= 0.3 is 0 Å². The highest BCUT2D eigenvalue weighted by atomic mass is 19.1. The minimum absolute atomic E-state index is 0.230. The topological polar surface area (TPSA) is 24.9 Å². The van der Waals surface area contributed by atoms with Crippen LogP contribution < -0.4 is 5.32 Å². The number of rotatable bonds is 3. The van der Waals surface area contributed by atoms with Crippen LogP contribution in [0.15, 0.2) is 42.5 Å². The van der Waals surface area contributed by atoms with Gasteiger partial charge in [-0.2, -0.15) is 0 Å². The van der Waals surface area contributed by atoms with Crippen LogP contribution in [0.25, 0.3) is 11.3 Å². The first-order valence-electron chi connectivity index (χ1n) is 5.26. The van der Waals surface area contributed by atoms with Crippen LogP contribution in [-0.2, 0) is 0 Å². The van der Waals surface area contributed by atoms with Crippen molar-refractivity contribution < 1.29 is 4.39 Å². The van der Waals surface area contributed by atoms with Gasteiger partial charge in [0, 0.05) is 12.1 Å². The third-order valence-electron chi connectivity index (χ3n) is 2.25. The van der Waals surface area contributed by atoms with Gasteiger partial charge in [0.05, 0.1) is 5.69 Å². The summed E-state index contributed by atoms with van der Waals surface area (Å²) in [5.74, 6) is 0.607. The van der Waals surface area contributed by atoms with Crippen molar-refractivity contribution in [2.75, 3.05) is 11.9 Å². The number of aromatic nitrogens is 1. The van der Waals surface area contributed by atoms with Crippen LogP contribution in [0, 0.1) is 5.82 Å². The first-order chi connectivity index (χ1) is 7.79. The van der Waals surface area contributed by atoms with Crippen LogP contribution in [0.2, 0.25) is 0 Å². The Labute approximate surface area is 94.2 Å². The number of nitrogens with zero attached hydrogens (tertiary/aromatic N) is 1. The van der Waals surface area contributed by atoms with Crippen LogP contribution in [0.1, 0.15) is 6.92 Å². The molecule has 0 saturated heterocycles. The molecule has 1 aromatic heterocycles. The molecule has 0 amide bonds. The van der Waals surface area contributed by atoms with Gasteiger partial charge in [0.25, 0.3) is 0 Å². The molecule has 0 aliphatic rings. The van der Waals surface area contributed by atoms with Gasteiger partial charge in [-0.15, -0.1) is 0 Å². The lowest BCUT2D eigenvalue weighted by Gasteiger charge is -2.05. The minimum Gasteiger partial charge on any atom is -0.370 e. The summed E-state index contributed by atoms with van der Waals surface area (Å²) in [5, 5.41) is 3.14. The van der Waals surface area contributed by atoms with Crippen LogP contribution in [0.4, 0.5) is 10.2 Å². The molecule has 16 heavy (non-hydrogen) atoms. The van der Waals surface area contributed by atoms with Gasteiger partial charge in [-0.05, 0) is 43.3 Å². The van der Waals surface area contributed by atoms with Crippen LogP contribution in [0.3, 0.4) is 0 Å². The Morgan fingerprint density at radius 1 is 1.12 bits per heavy atom. The van der Waals surface area contributed by atoms with E-state index in [4.69, 9.17) is 0 Å². The molecular formula is C13H13FN2. The van der Waals surface area contributed by atoms with E-state index < -0.39 is 0 Å². The zero-order chi connectivity index (χ0) is 11.4. The minimum atomic E-state index is -0.230. The van der Waals surface area contributed by atoms with Crippen molar-refractivity contribution in [3.8, 4) is 11.3 Å². The van der Waals surface area contributed by atoms with E-state index >= 15 is 0 Å². The van der Waals surface area contributed by atoms with E-state index in [1.165, 1.54) is 12.1 Å². The predicted molar refractivity (Wildman–Crippen MR) is 63.8 cm³/mol. The molecule has 1 N–H and O–H groups in total. The van der Waals surface area contributed by atoms with E-state index in [0.717, 1.165) is 23.6 Å². The second kappa shape index (κ2) is 4.75. The molecule has 0 aliphatic heterocycles. The van der Waals surface area contributed by atoms with Gasteiger partial charge in [0.1, 0.15) is 11.6 Å². The lowest BCUT2D eigenvalue weighted by Crippen LogP contribution is -1.99. The quantitative estimate of drug-likeness (QED) is 0.851. The van der Waals surface area contributed by atoms with Crippen molar-refractivity contribution >= 4 is 5.82 Å². The van der Waals surface area contributed by atoms with E-state index in [1.807, 2.05) is 25.1 Å². The van der Waals surface area contributed by atoms with Gasteiger partial charge in [0.2, 0.25) is 0 Å². The highest BCUT2D eigenvalue weighted by Crippen LogP contribution is 2.18. The summed E-state index contributed by atoms with van der Waals surface area (Å²) in [6, 6.07) is 12.1. The summed E-state index contributed by atoms with van der Waals surface area (Å²) in [5.41, 5.74) is 1.76. The maximum Gasteiger partial charge on any atom is 0.126 e. The third kappa shape index (κ3) is 2.37. The van der Waals surface area contributed by atoms with Crippen molar-refractivity contribution in [1.82, 2.24) is 4.98 Å². The summed E-state index contributed by atoms with van der Waals surface area (Å²) in [4.78, 5) is 4.43. The molecule has 1 aromatic carbocycles. The smallest absolute Gasteiger partial charge is 0.126 e. The third-order valence-corrected chi connectivity index (χ3v) is 2.25. The lowest BCUT2D eigenvalue weighted by atomic mass is 10.1. The Kier molecular flexibility index (Phi) is 3.15. The van der Waals surface area contributed by atoms with Crippen molar-refractivity contribution in [3.05, 3.63) is 48.3 Å². The molecule has 3 heteroatoms. The SMILES string of the molecule is CCNc1cccc(-c2ccc(F)cc2)n1. The van der Waals surface area contributed by atoms with E-state index in [2.05, 4.69) is 10.3 Å². The number of halogens is 1. The molecular weight excluding hydrogens is 203 g/mol. The molecule has 2 aromatic rings. The number of anilines is 1. The Balaban J connectivity index is 2.32. The highest BCUT2D eigenvalue weighted by Gasteiger charge is 2.00. The molecule has 0 bridgehead atoms. The Morgan fingerprint density at radius 2 is 1.88 bits per heavy atom. The predicted octanol–water partition coefficient (Wildman–Crippen LogP) is 3.32. The average molecular weight is 216 g/mol. The number of hydrogen-bond donors (Lipinski definition) is 1. The maximum absolute atomic E-state index is 12.8. The van der Waals surface area contributed by atoms with E-state index in [0.29, 0.717) is 0 Å². The molecule has 2 nitrogen and oxygen atoms in total. The number of hydrogen-bond acceptors (Lipinski definition) is 2. The Hall–Kier alpha value is -1.90. The number of benzene rings is 1. The summed E-state index contributed by atoms with van der Waals surface area (Å²) < 4.78 is 12.8. The van der Waals surface area contributed by atoms with Crippen LogP contribution in [-0.4, -0.2) is 11.5 Å². The molecule has 2 rings (SSSR count). The second-order valence-corrected chi connectivity index (χ2v) is 3.45. The van der Waals surface area contributed by atoms with E-state index in [1.54, 1.807) is 12.1 Å². The second-order valence-electron chi connectivity index (χ2n) is 3.45. The van der Waals surface area contributed by atoms with Gasteiger partial charge in [-0.3, -0.25) is 0 Å². The van der Waals surface area contributed by atoms with Crippen molar-refractivity contribution in [3.63, 3.8) is 0 Å². The fraction of sp³-hybridized carbons (Fsp3) is 0.154. The normalized spacial score (nSPS) is 10.1. The lowest BCUT2D eigenvalue weighted by molar-refractivity contribution is 0.628. The monoisotopic (exact) mass is 216 g/mol. The molecule has 0 spiro atoms. The van der Waals surface area contributed by atoms with E-state index in [-0.39, 0.29) is 5.82 Å². The molecule has 0 aliphatic carbocycles. The summed E-state index contributed by atoms with van der Waals surface area (Å²) in [6.45, 7) is 2.85. The van der Waals surface area contributed by atoms with Crippen LogP contribution >= 0.6 is 0 Å². The molecule has 1 heterocycles. The largest absolute Gasteiger partial charge is 0.370 e. The maximum atomic E-state index is 12.8. The standard InChI is InChI=1S/C13H13FN2/c1-2-15-13-5-3-4-12(16-13)10-6-8-11(14)9-7-10/h3-9H,2H2,1H3,(H,15,16). The molecule has 82 valence electrons. The summed E-state index contributed by atoms with van der Waals surface area (Å²) in [7, 11) is 0. The summed E-state index contributed by atoms with van der Waals surface area (Å²) >= 11 is 0. The van der Waals surface area contributed by atoms with Gasteiger partial charge in [-0.1, -0.05) is 6.07 Å². The first-order valence-corrected chi connectivity index (χ1v) is 5.26. The Bertz CT molecular complexity index is 466. The number of nitrogens with one attached hydrogen (secondary N) is 1. The average Bonchev–Trinajstić information content (AvgIpc) is 2.31. The first kappa shape index (κ1) is 10.6. The van der Waals surface area contributed by atoms with Crippen molar-refractivity contribution in [2.24, 2.45) is 0 Å². The molecule has 0 unspecified atom stereocenters. The number of pyridine rings is 1. The summed E-state index contributed by atoms with van der Waals surface area (Å²) in [6.07, 6.45) is 0. The van der Waals surface area contributed by atoms with Crippen molar-refractivity contribution in [1.29, 1.82) is 0 Å². The van der Waals surface area contributed by atoms with Crippen molar-refractivity contribution in [2.45, 2.75) is 6.92 Å². The zero-order valence-electron chi connectivity index (χ0n) is 9.07. The van der Waals surface area contributed by atoms with Gasteiger partial charge in [-0.25, -0.2) is 9.37 Å². The fourth-order valence-corrected chi connectivity index (χ4v) is 1.50. The Morgan fingerprint density at radius 3 is 2.56 bits per heavy atom. The molecule has 0 saturated carbocycles. The molecule has 0 atom stereocenters.